The van der Waals surface area contributed by atoms with Gasteiger partial charge in [0.25, 0.3) is 0 Å². The van der Waals surface area contributed by atoms with Crippen LogP contribution in [0.25, 0.3) is 11.1 Å². The first kappa shape index (κ1) is 18.1. The molecule has 0 amide bonds. The molecule has 0 aliphatic carbocycles. The molecule has 5 nitrogen and oxygen atoms in total. The lowest BCUT2D eigenvalue weighted by atomic mass is 9.72. The molecule has 2 aromatic carbocycles. The second-order valence-corrected chi connectivity index (χ2v) is 8.12. The van der Waals surface area contributed by atoms with Crippen LogP contribution in [0.5, 0.6) is 0 Å². The average molecular weight is 386 g/mol. The van der Waals surface area contributed by atoms with E-state index in [4.69, 9.17) is 5.73 Å². The number of nitrogens with two attached hydrogens (primary N) is 1. The van der Waals surface area contributed by atoms with Crippen LogP contribution in [-0.2, 0) is 11.8 Å². The van der Waals surface area contributed by atoms with Crippen LogP contribution < -0.4 is 16.0 Å². The summed E-state index contributed by atoms with van der Waals surface area (Å²) in [4.78, 5) is 11.4. The van der Waals surface area contributed by atoms with Gasteiger partial charge in [0.2, 0.25) is 0 Å². The summed E-state index contributed by atoms with van der Waals surface area (Å²) in [5.41, 5.74) is 11.5. The van der Waals surface area contributed by atoms with Crippen LogP contribution in [0.1, 0.15) is 24.0 Å². The molecule has 3 N–H and O–H groups in total. The summed E-state index contributed by atoms with van der Waals surface area (Å²) in [5.74, 6) is 2.10. The maximum atomic E-state index is 6.38. The molecule has 0 atom stereocenters. The number of aromatic nitrogens is 2. The Bertz CT molecular complexity index is 993. The van der Waals surface area contributed by atoms with E-state index in [1.807, 2.05) is 0 Å². The summed E-state index contributed by atoms with van der Waals surface area (Å²) in [5, 5.41) is 3.36. The molecule has 2 aliphatic rings. The first-order valence-electron chi connectivity index (χ1n) is 10.5. The molecule has 0 saturated carbocycles. The van der Waals surface area contributed by atoms with Gasteiger partial charge in [-0.1, -0.05) is 54.6 Å². The van der Waals surface area contributed by atoms with E-state index >= 15 is 0 Å². The molecule has 0 unspecified atom stereocenters. The van der Waals surface area contributed by atoms with Crippen molar-refractivity contribution in [3.05, 3.63) is 72.1 Å². The Morgan fingerprint density at radius 3 is 2.55 bits per heavy atom. The molecular formula is C24H27N5. The predicted molar refractivity (Wildman–Crippen MR) is 118 cm³/mol. The van der Waals surface area contributed by atoms with Gasteiger partial charge in [-0.3, -0.25) is 0 Å². The van der Waals surface area contributed by atoms with E-state index in [-0.39, 0.29) is 5.41 Å². The van der Waals surface area contributed by atoms with Gasteiger partial charge in [-0.2, -0.15) is 0 Å². The third kappa shape index (κ3) is 3.25. The summed E-state index contributed by atoms with van der Waals surface area (Å²) >= 11 is 0. The van der Waals surface area contributed by atoms with E-state index in [1.54, 1.807) is 6.33 Å². The van der Waals surface area contributed by atoms with Crippen LogP contribution >= 0.6 is 0 Å². The minimum absolute atomic E-state index is 0.0236. The Labute approximate surface area is 172 Å². The Morgan fingerprint density at radius 1 is 0.966 bits per heavy atom. The second kappa shape index (κ2) is 7.48. The molecule has 3 heterocycles. The van der Waals surface area contributed by atoms with Crippen molar-refractivity contribution in [3.63, 3.8) is 0 Å². The lowest BCUT2D eigenvalue weighted by Crippen LogP contribution is -2.47. The topological polar surface area (TPSA) is 67.1 Å². The van der Waals surface area contributed by atoms with Gasteiger partial charge in [0.05, 0.1) is 0 Å². The molecule has 5 heteroatoms. The lowest BCUT2D eigenvalue weighted by molar-refractivity contribution is 0.339. The predicted octanol–water partition coefficient (Wildman–Crippen LogP) is 3.61. The minimum atomic E-state index is 0.0236. The van der Waals surface area contributed by atoms with E-state index in [0.717, 1.165) is 50.5 Å². The molecule has 5 rings (SSSR count). The third-order valence-electron chi connectivity index (χ3n) is 6.58. The summed E-state index contributed by atoms with van der Waals surface area (Å²) in [6, 6.07) is 19.5. The fourth-order valence-corrected chi connectivity index (χ4v) is 4.78. The normalized spacial score (nSPS) is 17.6. The second-order valence-electron chi connectivity index (χ2n) is 8.12. The SMILES string of the molecule is NCC1(c2cccc(-c3ccccc3)c2)CCN(c2ncnc3c2CCN3)CC1. The van der Waals surface area contributed by atoms with Gasteiger partial charge in [-0.25, -0.2) is 9.97 Å². The molecule has 0 bridgehead atoms. The van der Waals surface area contributed by atoms with Crippen LogP contribution in [0.15, 0.2) is 60.9 Å². The Balaban J connectivity index is 1.40. The number of fused-ring (bicyclic) bond motifs is 1. The maximum Gasteiger partial charge on any atom is 0.137 e. The van der Waals surface area contributed by atoms with Crippen LogP contribution in [0.3, 0.4) is 0 Å². The van der Waals surface area contributed by atoms with Gasteiger partial charge in [0.15, 0.2) is 0 Å². The summed E-state index contributed by atoms with van der Waals surface area (Å²) in [6.45, 7) is 3.56. The van der Waals surface area contributed by atoms with Crippen molar-refractivity contribution >= 4 is 11.6 Å². The van der Waals surface area contributed by atoms with Crippen molar-refractivity contribution in [3.8, 4) is 11.1 Å². The Kier molecular flexibility index (Phi) is 4.68. The fourth-order valence-electron chi connectivity index (χ4n) is 4.78. The van der Waals surface area contributed by atoms with Crippen LogP contribution in [0.2, 0.25) is 0 Å². The highest BCUT2D eigenvalue weighted by Crippen LogP contribution is 2.39. The van der Waals surface area contributed by atoms with E-state index in [9.17, 15) is 0 Å². The van der Waals surface area contributed by atoms with Crippen molar-refractivity contribution in [1.82, 2.24) is 9.97 Å². The monoisotopic (exact) mass is 385 g/mol. The zero-order valence-electron chi connectivity index (χ0n) is 16.6. The van der Waals surface area contributed by atoms with Crippen molar-refractivity contribution < 1.29 is 0 Å². The largest absolute Gasteiger partial charge is 0.369 e. The van der Waals surface area contributed by atoms with E-state index in [1.165, 1.54) is 22.3 Å². The molecule has 1 fully saturated rings. The van der Waals surface area contributed by atoms with Crippen molar-refractivity contribution in [1.29, 1.82) is 0 Å². The number of rotatable bonds is 4. The highest BCUT2D eigenvalue weighted by atomic mass is 15.2. The number of hydrogen-bond donors (Lipinski definition) is 2. The quantitative estimate of drug-likeness (QED) is 0.718. The van der Waals surface area contributed by atoms with E-state index in [2.05, 4.69) is 74.8 Å². The van der Waals surface area contributed by atoms with Crippen molar-refractivity contribution in [2.24, 2.45) is 5.73 Å². The van der Waals surface area contributed by atoms with E-state index < -0.39 is 0 Å². The van der Waals surface area contributed by atoms with Crippen LogP contribution in [-0.4, -0.2) is 36.1 Å². The van der Waals surface area contributed by atoms with Gasteiger partial charge in [0, 0.05) is 37.2 Å². The molecule has 3 aromatic rings. The van der Waals surface area contributed by atoms with Crippen LogP contribution in [0, 0.1) is 0 Å². The number of hydrogen-bond acceptors (Lipinski definition) is 5. The lowest BCUT2D eigenvalue weighted by Gasteiger charge is -2.42. The number of benzene rings is 2. The van der Waals surface area contributed by atoms with Gasteiger partial charge >= 0.3 is 0 Å². The average Bonchev–Trinajstić information content (AvgIpc) is 3.29. The number of anilines is 2. The van der Waals surface area contributed by atoms with Gasteiger partial charge in [-0.05, 0) is 36.0 Å². The number of nitrogens with zero attached hydrogens (tertiary/aromatic N) is 3. The molecule has 1 saturated heterocycles. The molecule has 2 aliphatic heterocycles. The maximum absolute atomic E-state index is 6.38. The molecule has 1 aromatic heterocycles. The molecular weight excluding hydrogens is 358 g/mol. The number of nitrogens with one attached hydrogen (secondary N) is 1. The first-order chi connectivity index (χ1) is 14.3. The fraction of sp³-hybridized carbons (Fsp3) is 0.333. The molecule has 148 valence electrons. The number of piperidine rings is 1. The van der Waals surface area contributed by atoms with Gasteiger partial charge in [0.1, 0.15) is 18.0 Å². The smallest absolute Gasteiger partial charge is 0.137 e. The molecule has 29 heavy (non-hydrogen) atoms. The van der Waals surface area contributed by atoms with E-state index in [0.29, 0.717) is 6.54 Å². The highest BCUT2D eigenvalue weighted by Gasteiger charge is 2.36. The summed E-state index contributed by atoms with van der Waals surface area (Å²) in [7, 11) is 0. The zero-order valence-corrected chi connectivity index (χ0v) is 16.6. The van der Waals surface area contributed by atoms with Gasteiger partial charge < -0.3 is 16.0 Å². The Morgan fingerprint density at radius 2 is 1.76 bits per heavy atom. The van der Waals surface area contributed by atoms with Crippen LogP contribution in [0.4, 0.5) is 11.6 Å². The first-order valence-corrected chi connectivity index (χ1v) is 10.5. The summed E-state index contributed by atoms with van der Waals surface area (Å²) in [6.07, 6.45) is 4.76. The Hall–Kier alpha value is -2.92. The standard InChI is InChI=1S/C24H27N5/c25-16-24(20-8-4-7-19(15-20)18-5-2-1-3-6-18)10-13-29(14-11-24)23-21-9-12-26-22(21)27-17-28-23/h1-8,15,17H,9-14,16,25H2,(H,26,27,28). The summed E-state index contributed by atoms with van der Waals surface area (Å²) < 4.78 is 0. The van der Waals surface area contributed by atoms with Gasteiger partial charge in [-0.15, -0.1) is 0 Å². The minimum Gasteiger partial charge on any atom is -0.369 e. The van der Waals surface area contributed by atoms with Crippen molar-refractivity contribution in [2.45, 2.75) is 24.7 Å². The molecule has 0 spiro atoms. The third-order valence-corrected chi connectivity index (χ3v) is 6.58. The zero-order chi connectivity index (χ0) is 19.7. The van der Waals surface area contributed by atoms with Crippen molar-refractivity contribution in [2.75, 3.05) is 36.4 Å². The highest BCUT2D eigenvalue weighted by molar-refractivity contribution is 5.65. The molecule has 0 radical (unpaired) electrons.